The van der Waals surface area contributed by atoms with Crippen LogP contribution in [0.3, 0.4) is 0 Å². The number of carboxylic acids is 1. The second kappa shape index (κ2) is 6.43. The van der Waals surface area contributed by atoms with Crippen molar-refractivity contribution in [3.8, 4) is 5.75 Å². The van der Waals surface area contributed by atoms with Crippen molar-refractivity contribution in [2.24, 2.45) is 0 Å². The number of aromatic carboxylic acids is 1. The van der Waals surface area contributed by atoms with E-state index in [0.29, 0.717) is 0 Å². The quantitative estimate of drug-likeness (QED) is 0.856. The van der Waals surface area contributed by atoms with E-state index in [9.17, 15) is 17.6 Å². The number of anilines is 1. The fraction of sp³-hybridized carbons (Fsp3) is 0.0714. The Bertz CT molecular complexity index is 869. The molecule has 0 atom stereocenters. The molecule has 0 aliphatic carbocycles. The molecule has 2 aromatic rings. The fourth-order valence-corrected chi connectivity index (χ4v) is 3.26. The average Bonchev–Trinajstić information content (AvgIpc) is 2.46. The van der Waals surface area contributed by atoms with E-state index < -0.39 is 27.4 Å². The van der Waals surface area contributed by atoms with Crippen molar-refractivity contribution >= 4 is 33.3 Å². The van der Waals surface area contributed by atoms with E-state index in [1.54, 1.807) is 0 Å². The zero-order valence-electron chi connectivity index (χ0n) is 11.7. The van der Waals surface area contributed by atoms with Crippen LogP contribution in [0.2, 0.25) is 5.02 Å². The molecular weight excluding hydrogens is 349 g/mol. The van der Waals surface area contributed by atoms with Gasteiger partial charge in [-0.1, -0.05) is 17.7 Å². The molecule has 0 amide bonds. The van der Waals surface area contributed by atoms with Crippen LogP contribution in [0.4, 0.5) is 10.1 Å². The van der Waals surface area contributed by atoms with Gasteiger partial charge < -0.3 is 9.84 Å². The summed E-state index contributed by atoms with van der Waals surface area (Å²) in [6.45, 7) is 0. The molecule has 9 heteroatoms. The molecule has 122 valence electrons. The van der Waals surface area contributed by atoms with Gasteiger partial charge in [0.2, 0.25) is 0 Å². The van der Waals surface area contributed by atoms with Crippen molar-refractivity contribution in [2.45, 2.75) is 4.90 Å². The van der Waals surface area contributed by atoms with Crippen LogP contribution in [-0.2, 0) is 10.0 Å². The van der Waals surface area contributed by atoms with Crippen molar-refractivity contribution < 1.29 is 27.4 Å². The van der Waals surface area contributed by atoms with Crippen LogP contribution in [0.15, 0.2) is 41.3 Å². The van der Waals surface area contributed by atoms with Gasteiger partial charge in [-0.25, -0.2) is 17.6 Å². The van der Waals surface area contributed by atoms with E-state index in [-0.39, 0.29) is 21.4 Å². The Hall–Kier alpha value is -2.32. The lowest BCUT2D eigenvalue weighted by Gasteiger charge is -2.12. The molecule has 23 heavy (non-hydrogen) atoms. The standard InChI is InChI=1S/C14H11ClFNO5S/c1-22-12-6-5-8(7-9(12)15)23(20,21)17-11-4-2-3-10(16)13(11)14(18)19/h2-7,17H,1H3,(H,18,19). The number of halogens is 2. The molecule has 0 fully saturated rings. The van der Waals surface area contributed by atoms with Crippen LogP contribution < -0.4 is 9.46 Å². The summed E-state index contributed by atoms with van der Waals surface area (Å²) >= 11 is 5.87. The number of carboxylic acid groups (broad SMARTS) is 1. The summed E-state index contributed by atoms with van der Waals surface area (Å²) in [7, 11) is -2.78. The molecule has 0 saturated heterocycles. The van der Waals surface area contributed by atoms with Gasteiger partial charge in [0.1, 0.15) is 17.1 Å². The van der Waals surface area contributed by atoms with E-state index >= 15 is 0 Å². The monoisotopic (exact) mass is 359 g/mol. The highest BCUT2D eigenvalue weighted by molar-refractivity contribution is 7.92. The van der Waals surface area contributed by atoms with Crippen LogP contribution in [0, 0.1) is 5.82 Å². The third kappa shape index (κ3) is 3.54. The van der Waals surface area contributed by atoms with Crippen LogP contribution in [-0.4, -0.2) is 26.6 Å². The summed E-state index contributed by atoms with van der Waals surface area (Å²) in [6, 6.07) is 6.98. The van der Waals surface area contributed by atoms with E-state index in [4.69, 9.17) is 21.4 Å². The van der Waals surface area contributed by atoms with Gasteiger partial charge in [-0.15, -0.1) is 0 Å². The molecule has 0 spiro atoms. The van der Waals surface area contributed by atoms with Gasteiger partial charge in [0, 0.05) is 0 Å². The largest absolute Gasteiger partial charge is 0.495 e. The normalized spacial score (nSPS) is 11.1. The van der Waals surface area contributed by atoms with Gasteiger partial charge in [-0.05, 0) is 30.3 Å². The van der Waals surface area contributed by atoms with E-state index in [2.05, 4.69) is 0 Å². The summed E-state index contributed by atoms with van der Waals surface area (Å²) in [6.07, 6.45) is 0. The summed E-state index contributed by atoms with van der Waals surface area (Å²) in [4.78, 5) is 10.9. The van der Waals surface area contributed by atoms with Crippen LogP contribution in [0.5, 0.6) is 5.75 Å². The van der Waals surface area contributed by atoms with Gasteiger partial charge in [0.25, 0.3) is 10.0 Å². The lowest BCUT2D eigenvalue weighted by molar-refractivity contribution is 0.0693. The molecule has 0 unspecified atom stereocenters. The molecule has 6 nitrogen and oxygen atoms in total. The zero-order chi connectivity index (χ0) is 17.2. The van der Waals surface area contributed by atoms with Crippen molar-refractivity contribution in [1.29, 1.82) is 0 Å². The maximum atomic E-state index is 13.6. The molecule has 2 rings (SSSR count). The Morgan fingerprint density at radius 1 is 1.30 bits per heavy atom. The first-order chi connectivity index (χ1) is 10.8. The Morgan fingerprint density at radius 3 is 2.57 bits per heavy atom. The van der Waals surface area contributed by atoms with Gasteiger partial charge in [-0.3, -0.25) is 4.72 Å². The third-order valence-corrected chi connectivity index (χ3v) is 4.56. The van der Waals surface area contributed by atoms with Gasteiger partial charge in [-0.2, -0.15) is 0 Å². The Morgan fingerprint density at radius 2 is 2.00 bits per heavy atom. The Labute approximate surface area is 136 Å². The molecule has 0 aliphatic rings. The lowest BCUT2D eigenvalue weighted by atomic mass is 10.2. The van der Waals surface area contributed by atoms with Crippen molar-refractivity contribution in [3.63, 3.8) is 0 Å². The third-order valence-electron chi connectivity index (χ3n) is 2.91. The Kier molecular flexibility index (Phi) is 4.76. The van der Waals surface area contributed by atoms with Gasteiger partial charge in [0.05, 0.1) is 22.7 Å². The number of ether oxygens (including phenoxy) is 1. The highest BCUT2D eigenvalue weighted by Gasteiger charge is 2.22. The molecule has 2 aromatic carbocycles. The van der Waals surface area contributed by atoms with Crippen molar-refractivity contribution in [2.75, 3.05) is 11.8 Å². The minimum Gasteiger partial charge on any atom is -0.495 e. The number of sulfonamides is 1. The smallest absolute Gasteiger partial charge is 0.340 e. The number of carbonyl (C=O) groups is 1. The predicted octanol–water partition coefficient (Wildman–Crippen LogP) is 2.99. The topological polar surface area (TPSA) is 92.7 Å². The van der Waals surface area contributed by atoms with Gasteiger partial charge in [0.15, 0.2) is 0 Å². The van der Waals surface area contributed by atoms with Crippen LogP contribution >= 0.6 is 11.6 Å². The average molecular weight is 360 g/mol. The number of rotatable bonds is 5. The summed E-state index contributed by atoms with van der Waals surface area (Å²) in [5.41, 5.74) is -1.15. The maximum Gasteiger partial charge on any atom is 0.340 e. The number of nitrogens with one attached hydrogen (secondary N) is 1. The van der Waals surface area contributed by atoms with E-state index in [1.807, 2.05) is 4.72 Å². The summed E-state index contributed by atoms with van der Waals surface area (Å²) in [5, 5.41) is 9.08. The molecule has 0 aromatic heterocycles. The molecular formula is C14H11ClFNO5S. The number of methoxy groups -OCH3 is 1. The molecule has 0 bridgehead atoms. The number of hydrogen-bond acceptors (Lipinski definition) is 4. The molecule has 0 radical (unpaired) electrons. The highest BCUT2D eigenvalue weighted by Crippen LogP contribution is 2.28. The maximum absolute atomic E-state index is 13.6. The molecule has 0 aliphatic heterocycles. The van der Waals surface area contributed by atoms with Gasteiger partial charge >= 0.3 is 5.97 Å². The lowest BCUT2D eigenvalue weighted by Crippen LogP contribution is -2.16. The van der Waals surface area contributed by atoms with Crippen LogP contribution in [0.1, 0.15) is 10.4 Å². The van der Waals surface area contributed by atoms with Crippen molar-refractivity contribution in [3.05, 3.63) is 52.8 Å². The molecule has 2 N–H and O–H groups in total. The first-order valence-electron chi connectivity index (χ1n) is 6.14. The summed E-state index contributed by atoms with van der Waals surface area (Å²) < 4.78 is 45.2. The SMILES string of the molecule is COc1ccc(S(=O)(=O)Nc2cccc(F)c2C(=O)O)cc1Cl. The highest BCUT2D eigenvalue weighted by atomic mass is 35.5. The van der Waals surface area contributed by atoms with E-state index in [0.717, 1.165) is 18.2 Å². The van der Waals surface area contributed by atoms with E-state index in [1.165, 1.54) is 25.3 Å². The first kappa shape index (κ1) is 17.0. The second-order valence-electron chi connectivity index (χ2n) is 4.37. The first-order valence-corrected chi connectivity index (χ1v) is 8.00. The minimum atomic E-state index is -4.15. The zero-order valence-corrected chi connectivity index (χ0v) is 13.3. The Balaban J connectivity index is 2.45. The van der Waals surface area contributed by atoms with Crippen LogP contribution in [0.25, 0.3) is 0 Å². The molecule has 0 saturated carbocycles. The number of benzene rings is 2. The number of hydrogen-bond donors (Lipinski definition) is 2. The fourth-order valence-electron chi connectivity index (χ4n) is 1.84. The predicted molar refractivity (Wildman–Crippen MR) is 82.2 cm³/mol. The second-order valence-corrected chi connectivity index (χ2v) is 6.46. The molecule has 0 heterocycles. The van der Waals surface area contributed by atoms with Crippen molar-refractivity contribution in [1.82, 2.24) is 0 Å². The minimum absolute atomic E-state index is 0.0630. The summed E-state index contributed by atoms with van der Waals surface area (Å²) in [5.74, 6) is -2.36.